The Hall–Kier alpha value is -1.97. The van der Waals surface area contributed by atoms with Crippen LogP contribution in [0.2, 0.25) is 0 Å². The molecule has 0 aliphatic rings. The first kappa shape index (κ1) is 19.4. The van der Waals surface area contributed by atoms with Gasteiger partial charge in [-0.2, -0.15) is 0 Å². The number of aromatic nitrogens is 2. The second-order valence-electron chi connectivity index (χ2n) is 5.57. The van der Waals surface area contributed by atoms with Crippen LogP contribution in [0.3, 0.4) is 0 Å². The van der Waals surface area contributed by atoms with Crippen molar-refractivity contribution in [3.8, 4) is 23.4 Å². The van der Waals surface area contributed by atoms with Crippen LogP contribution in [0.25, 0.3) is 5.69 Å². The van der Waals surface area contributed by atoms with Crippen LogP contribution in [0.1, 0.15) is 37.7 Å². The van der Waals surface area contributed by atoms with Gasteiger partial charge in [-0.25, -0.2) is 9.36 Å². The quantitative estimate of drug-likeness (QED) is 0.379. The zero-order valence-corrected chi connectivity index (χ0v) is 15.7. The molecule has 0 atom stereocenters. The SMILES string of the molecule is O=c1[nH]cc(O)n1-c1ccccc1C#CCCOCCCCCCBr. The van der Waals surface area contributed by atoms with Crippen molar-refractivity contribution in [2.24, 2.45) is 0 Å². The molecule has 1 aromatic carbocycles. The maximum Gasteiger partial charge on any atom is 0.333 e. The van der Waals surface area contributed by atoms with Crippen molar-refractivity contribution in [2.45, 2.75) is 32.1 Å². The number of H-pyrrole nitrogens is 1. The second-order valence-corrected chi connectivity index (χ2v) is 6.36. The lowest BCUT2D eigenvalue weighted by atomic mass is 10.1. The van der Waals surface area contributed by atoms with E-state index in [-0.39, 0.29) is 5.88 Å². The number of benzene rings is 1. The normalized spacial score (nSPS) is 10.4. The molecule has 6 heteroatoms. The van der Waals surface area contributed by atoms with Crippen molar-refractivity contribution in [1.29, 1.82) is 0 Å². The molecule has 0 spiro atoms. The summed E-state index contributed by atoms with van der Waals surface area (Å²) in [5.41, 5.74) is 0.857. The molecule has 0 amide bonds. The molecule has 0 aliphatic heterocycles. The summed E-state index contributed by atoms with van der Waals surface area (Å²) >= 11 is 3.42. The lowest BCUT2D eigenvalue weighted by molar-refractivity contribution is 0.135. The summed E-state index contributed by atoms with van der Waals surface area (Å²) in [5.74, 6) is 5.98. The van der Waals surface area contributed by atoms with Crippen molar-refractivity contribution in [1.82, 2.24) is 9.55 Å². The number of para-hydroxylation sites is 1. The number of imidazole rings is 1. The number of hydrogen-bond acceptors (Lipinski definition) is 3. The number of nitrogens with zero attached hydrogens (tertiary/aromatic N) is 1. The highest BCUT2D eigenvalue weighted by Crippen LogP contribution is 2.17. The molecule has 5 nitrogen and oxygen atoms in total. The van der Waals surface area contributed by atoms with Crippen LogP contribution in [0.5, 0.6) is 5.88 Å². The summed E-state index contributed by atoms with van der Waals surface area (Å²) in [6.07, 6.45) is 6.61. The number of aromatic hydroxyl groups is 1. The van der Waals surface area contributed by atoms with E-state index in [1.807, 2.05) is 12.1 Å². The topological polar surface area (TPSA) is 67.2 Å². The van der Waals surface area contributed by atoms with Crippen LogP contribution in [0.15, 0.2) is 35.3 Å². The standard InChI is InChI=1S/C19H23BrN2O3/c20-12-6-1-2-7-13-25-14-8-5-10-16-9-3-4-11-17(16)22-18(23)15-21-19(22)24/h3-4,9,11,15,23H,1-2,6-8,12-14H2,(H,21,24). The Morgan fingerprint density at radius 2 is 1.96 bits per heavy atom. The third kappa shape index (κ3) is 6.11. The number of hydrogen-bond donors (Lipinski definition) is 2. The number of unbranched alkanes of at least 4 members (excludes halogenated alkanes) is 3. The number of alkyl halides is 1. The molecular formula is C19H23BrN2O3. The Morgan fingerprint density at radius 1 is 1.16 bits per heavy atom. The number of nitrogens with one attached hydrogen (secondary N) is 1. The van der Waals surface area contributed by atoms with E-state index < -0.39 is 5.69 Å². The van der Waals surface area contributed by atoms with Gasteiger partial charge in [-0.1, -0.05) is 52.7 Å². The van der Waals surface area contributed by atoms with E-state index in [1.165, 1.54) is 30.0 Å². The molecule has 0 radical (unpaired) electrons. The summed E-state index contributed by atoms with van der Waals surface area (Å²) in [6.45, 7) is 1.37. The first-order chi connectivity index (χ1) is 12.2. The lowest BCUT2D eigenvalue weighted by Gasteiger charge is -2.05. The van der Waals surface area contributed by atoms with Gasteiger partial charge >= 0.3 is 5.69 Å². The molecule has 25 heavy (non-hydrogen) atoms. The molecule has 134 valence electrons. The largest absolute Gasteiger partial charge is 0.493 e. The Kier molecular flexibility index (Phi) is 8.36. The van der Waals surface area contributed by atoms with Gasteiger partial charge in [-0.05, 0) is 25.0 Å². The molecular weight excluding hydrogens is 384 g/mol. The van der Waals surface area contributed by atoms with Gasteiger partial charge in [0.15, 0.2) is 0 Å². The van der Waals surface area contributed by atoms with Gasteiger partial charge < -0.3 is 14.8 Å². The van der Waals surface area contributed by atoms with Gasteiger partial charge in [0.25, 0.3) is 0 Å². The fraction of sp³-hybridized carbons (Fsp3) is 0.421. The smallest absolute Gasteiger partial charge is 0.333 e. The monoisotopic (exact) mass is 406 g/mol. The molecule has 2 N–H and O–H groups in total. The van der Waals surface area contributed by atoms with E-state index in [1.54, 1.807) is 12.1 Å². The minimum atomic E-state index is -0.394. The number of halogens is 1. The van der Waals surface area contributed by atoms with E-state index in [2.05, 4.69) is 32.8 Å². The summed E-state index contributed by atoms with van der Waals surface area (Å²) in [4.78, 5) is 14.3. The van der Waals surface area contributed by atoms with Gasteiger partial charge in [0, 0.05) is 23.9 Å². The fourth-order valence-electron chi connectivity index (χ4n) is 2.40. The molecule has 0 saturated carbocycles. The Balaban J connectivity index is 1.84. The molecule has 0 bridgehead atoms. The van der Waals surface area contributed by atoms with E-state index in [9.17, 15) is 9.90 Å². The van der Waals surface area contributed by atoms with Gasteiger partial charge in [0.2, 0.25) is 5.88 Å². The van der Waals surface area contributed by atoms with Crippen molar-refractivity contribution in [3.05, 3.63) is 46.5 Å². The molecule has 0 saturated heterocycles. The lowest BCUT2D eigenvalue weighted by Crippen LogP contribution is -2.15. The minimum absolute atomic E-state index is 0.137. The molecule has 0 unspecified atom stereocenters. The van der Waals surface area contributed by atoms with Gasteiger partial charge in [0.1, 0.15) is 0 Å². The van der Waals surface area contributed by atoms with Crippen molar-refractivity contribution >= 4 is 15.9 Å². The highest BCUT2D eigenvalue weighted by atomic mass is 79.9. The highest BCUT2D eigenvalue weighted by molar-refractivity contribution is 9.09. The molecule has 0 fully saturated rings. The highest BCUT2D eigenvalue weighted by Gasteiger charge is 2.09. The summed E-state index contributed by atoms with van der Waals surface area (Å²) in [5, 5.41) is 10.9. The van der Waals surface area contributed by atoms with Crippen LogP contribution in [0.4, 0.5) is 0 Å². The van der Waals surface area contributed by atoms with Crippen LogP contribution in [-0.2, 0) is 4.74 Å². The Labute approximate surface area is 156 Å². The Bertz CT molecular complexity index is 771. The maximum absolute atomic E-state index is 11.8. The second kappa shape index (κ2) is 10.8. The average Bonchev–Trinajstić information content (AvgIpc) is 2.95. The maximum atomic E-state index is 11.8. The van der Waals surface area contributed by atoms with E-state index in [4.69, 9.17) is 4.74 Å². The first-order valence-corrected chi connectivity index (χ1v) is 9.57. The molecule has 2 rings (SSSR count). The van der Waals surface area contributed by atoms with Gasteiger partial charge in [0.05, 0.1) is 18.5 Å². The zero-order chi connectivity index (χ0) is 17.9. The molecule has 2 aromatic rings. The predicted molar refractivity (Wildman–Crippen MR) is 103 cm³/mol. The third-order valence-electron chi connectivity index (χ3n) is 3.67. The van der Waals surface area contributed by atoms with Crippen LogP contribution in [0, 0.1) is 11.8 Å². The van der Waals surface area contributed by atoms with Gasteiger partial charge in [-0.15, -0.1) is 0 Å². The van der Waals surface area contributed by atoms with E-state index in [0.29, 0.717) is 24.3 Å². The number of ether oxygens (including phenoxy) is 1. The first-order valence-electron chi connectivity index (χ1n) is 8.45. The van der Waals surface area contributed by atoms with Crippen LogP contribution in [-0.4, -0.2) is 33.2 Å². The zero-order valence-electron chi connectivity index (χ0n) is 14.1. The van der Waals surface area contributed by atoms with Crippen LogP contribution >= 0.6 is 15.9 Å². The number of rotatable bonds is 9. The van der Waals surface area contributed by atoms with Crippen molar-refractivity contribution in [2.75, 3.05) is 18.5 Å². The minimum Gasteiger partial charge on any atom is -0.493 e. The predicted octanol–water partition coefficient (Wildman–Crippen LogP) is 3.58. The fourth-order valence-corrected chi connectivity index (χ4v) is 2.80. The summed E-state index contributed by atoms with van der Waals surface area (Å²) in [6, 6.07) is 7.23. The Morgan fingerprint density at radius 3 is 2.72 bits per heavy atom. The van der Waals surface area contributed by atoms with Gasteiger partial charge in [-0.3, -0.25) is 0 Å². The summed E-state index contributed by atoms with van der Waals surface area (Å²) < 4.78 is 6.78. The van der Waals surface area contributed by atoms with Crippen LogP contribution < -0.4 is 5.69 Å². The molecule has 1 heterocycles. The third-order valence-corrected chi connectivity index (χ3v) is 4.23. The van der Waals surface area contributed by atoms with Crippen molar-refractivity contribution in [3.63, 3.8) is 0 Å². The molecule has 0 aliphatic carbocycles. The average molecular weight is 407 g/mol. The summed E-state index contributed by atoms with van der Waals surface area (Å²) in [7, 11) is 0. The van der Waals surface area contributed by atoms with Crippen molar-refractivity contribution < 1.29 is 9.84 Å². The number of aromatic amines is 1. The van der Waals surface area contributed by atoms with E-state index >= 15 is 0 Å². The van der Waals surface area contributed by atoms with E-state index in [0.717, 1.165) is 18.4 Å². The molecule has 1 aromatic heterocycles.